The largest absolute Gasteiger partial charge is 0.454 e. The molecule has 3 unspecified atom stereocenters. The summed E-state index contributed by atoms with van der Waals surface area (Å²) in [6.45, 7) is 6.96. The molecule has 1 N–H and O–H groups in total. The van der Waals surface area contributed by atoms with Crippen LogP contribution in [0.5, 0.6) is 11.5 Å². The highest BCUT2D eigenvalue weighted by molar-refractivity contribution is 9.09. The van der Waals surface area contributed by atoms with Gasteiger partial charge in [-0.15, -0.1) is 0 Å². The van der Waals surface area contributed by atoms with Crippen LogP contribution >= 0.6 is 15.9 Å². The van der Waals surface area contributed by atoms with Crippen LogP contribution < -0.4 is 14.8 Å². The first kappa shape index (κ1) is 14.4. The zero-order chi connectivity index (χ0) is 15.8. The lowest BCUT2D eigenvalue weighted by atomic mass is 9.43. The maximum atomic E-state index is 13.0. The lowest BCUT2D eigenvalue weighted by Crippen LogP contribution is -2.68. The van der Waals surface area contributed by atoms with Crippen LogP contribution in [0.1, 0.15) is 33.6 Å². The average Bonchev–Trinajstić information content (AvgIpc) is 3.10. The number of carbonyl (C=O) groups excluding carboxylic acids is 1. The third-order valence-electron chi connectivity index (χ3n) is 6.61. The Kier molecular flexibility index (Phi) is 2.74. The molecule has 0 aromatic heterocycles. The van der Waals surface area contributed by atoms with Gasteiger partial charge in [-0.05, 0) is 35.8 Å². The van der Waals surface area contributed by atoms with Crippen molar-refractivity contribution in [1.82, 2.24) is 0 Å². The van der Waals surface area contributed by atoms with Crippen molar-refractivity contribution in [2.45, 2.75) is 38.4 Å². The van der Waals surface area contributed by atoms with E-state index < -0.39 is 0 Å². The summed E-state index contributed by atoms with van der Waals surface area (Å²) in [6.07, 6.45) is 2.02. The summed E-state index contributed by atoms with van der Waals surface area (Å²) in [5, 5.41) is 3.09. The molecule has 1 aromatic rings. The van der Waals surface area contributed by atoms with E-state index in [0.717, 1.165) is 24.3 Å². The Balaban J connectivity index is 1.61. The van der Waals surface area contributed by atoms with Crippen LogP contribution in [0.3, 0.4) is 0 Å². The van der Waals surface area contributed by atoms with Gasteiger partial charge in [0.15, 0.2) is 11.5 Å². The maximum Gasteiger partial charge on any atom is 0.232 e. The molecular formula is C17H20BrNO3. The van der Waals surface area contributed by atoms with Gasteiger partial charge in [-0.25, -0.2) is 0 Å². The van der Waals surface area contributed by atoms with Crippen LogP contribution in [0, 0.1) is 16.2 Å². The zero-order valence-electron chi connectivity index (χ0n) is 13.0. The molecule has 4 nitrogen and oxygen atoms in total. The van der Waals surface area contributed by atoms with Crippen molar-refractivity contribution >= 4 is 27.5 Å². The van der Waals surface area contributed by atoms with Gasteiger partial charge in [0.25, 0.3) is 0 Å². The van der Waals surface area contributed by atoms with E-state index in [2.05, 4.69) is 42.0 Å². The number of benzene rings is 1. The molecule has 0 spiro atoms. The van der Waals surface area contributed by atoms with Crippen LogP contribution in [0.15, 0.2) is 18.2 Å². The fourth-order valence-electron chi connectivity index (χ4n) is 4.67. The molecule has 22 heavy (non-hydrogen) atoms. The SMILES string of the molecule is CC12CCC(C(=O)Nc3ccc4c(c3)OCO4)(C1Br)C2(C)C. The third kappa shape index (κ3) is 1.41. The van der Waals surface area contributed by atoms with Crippen molar-refractivity contribution in [3.63, 3.8) is 0 Å². The highest BCUT2D eigenvalue weighted by Gasteiger charge is 2.80. The van der Waals surface area contributed by atoms with Gasteiger partial charge in [-0.2, -0.15) is 0 Å². The molecule has 1 heterocycles. The molecule has 3 saturated carbocycles. The first-order valence-electron chi connectivity index (χ1n) is 7.68. The summed E-state index contributed by atoms with van der Waals surface area (Å²) in [4.78, 5) is 13.3. The lowest BCUT2D eigenvalue weighted by molar-refractivity contribution is -0.155. The van der Waals surface area contributed by atoms with Crippen molar-refractivity contribution < 1.29 is 14.3 Å². The number of alkyl halides is 1. The minimum atomic E-state index is -0.335. The van der Waals surface area contributed by atoms with Crippen LogP contribution in [0.4, 0.5) is 5.69 Å². The number of amides is 1. The molecule has 1 amide bonds. The van der Waals surface area contributed by atoms with E-state index >= 15 is 0 Å². The average molecular weight is 366 g/mol. The minimum absolute atomic E-state index is 0.00537. The number of halogens is 1. The molecule has 0 saturated heterocycles. The van der Waals surface area contributed by atoms with E-state index in [1.165, 1.54) is 0 Å². The molecular weight excluding hydrogens is 346 g/mol. The van der Waals surface area contributed by atoms with Crippen molar-refractivity contribution in [3.05, 3.63) is 18.2 Å². The van der Waals surface area contributed by atoms with Gasteiger partial charge < -0.3 is 14.8 Å². The first-order valence-corrected chi connectivity index (χ1v) is 8.60. The van der Waals surface area contributed by atoms with E-state index in [-0.39, 0.29) is 33.8 Å². The van der Waals surface area contributed by atoms with Gasteiger partial charge in [0.2, 0.25) is 12.7 Å². The number of anilines is 1. The first-order chi connectivity index (χ1) is 10.3. The monoisotopic (exact) mass is 365 g/mol. The molecule has 2 bridgehead atoms. The van der Waals surface area contributed by atoms with E-state index in [0.29, 0.717) is 5.75 Å². The maximum absolute atomic E-state index is 13.0. The highest BCUT2D eigenvalue weighted by Crippen LogP contribution is 2.79. The molecule has 3 fully saturated rings. The van der Waals surface area contributed by atoms with E-state index in [1.807, 2.05) is 18.2 Å². The van der Waals surface area contributed by atoms with Crippen LogP contribution in [0.25, 0.3) is 0 Å². The Bertz CT molecular complexity index is 674. The molecule has 4 aliphatic rings. The number of ether oxygens (including phenoxy) is 2. The Morgan fingerprint density at radius 1 is 1.23 bits per heavy atom. The van der Waals surface area contributed by atoms with E-state index in [9.17, 15) is 4.79 Å². The van der Waals surface area contributed by atoms with Gasteiger partial charge in [0.05, 0.1) is 5.41 Å². The van der Waals surface area contributed by atoms with Crippen LogP contribution in [-0.4, -0.2) is 17.5 Å². The Hall–Kier alpha value is -1.23. The molecule has 5 heteroatoms. The second kappa shape index (κ2) is 4.19. The quantitative estimate of drug-likeness (QED) is 0.807. The summed E-state index contributed by atoms with van der Waals surface area (Å²) in [6, 6.07) is 5.54. The van der Waals surface area contributed by atoms with Crippen LogP contribution in [0.2, 0.25) is 0 Å². The number of rotatable bonds is 2. The zero-order valence-corrected chi connectivity index (χ0v) is 14.6. The van der Waals surface area contributed by atoms with Crippen LogP contribution in [-0.2, 0) is 4.79 Å². The van der Waals surface area contributed by atoms with Crippen molar-refractivity contribution in [2.75, 3.05) is 12.1 Å². The van der Waals surface area contributed by atoms with Gasteiger partial charge in [0.1, 0.15) is 0 Å². The summed E-state index contributed by atoms with van der Waals surface area (Å²) < 4.78 is 10.7. The number of fused-ring (bicyclic) bond motifs is 2. The minimum Gasteiger partial charge on any atom is -0.454 e. The van der Waals surface area contributed by atoms with Crippen molar-refractivity contribution in [3.8, 4) is 11.5 Å². The highest BCUT2D eigenvalue weighted by atomic mass is 79.9. The lowest BCUT2D eigenvalue weighted by Gasteiger charge is -2.64. The molecule has 0 radical (unpaired) electrons. The fraction of sp³-hybridized carbons (Fsp3) is 0.588. The number of carbonyl (C=O) groups is 1. The Morgan fingerprint density at radius 3 is 2.59 bits per heavy atom. The normalized spacial score (nSPS) is 36.8. The summed E-state index contributed by atoms with van der Waals surface area (Å²) >= 11 is 3.80. The van der Waals surface area contributed by atoms with Gasteiger partial charge in [0, 0.05) is 16.6 Å². The van der Waals surface area contributed by atoms with E-state index in [1.54, 1.807) is 0 Å². The predicted octanol–water partition coefficient (Wildman–Crippen LogP) is 3.94. The molecule has 3 atom stereocenters. The summed E-state index contributed by atoms with van der Waals surface area (Å²) in [5.74, 6) is 1.52. The number of nitrogens with one attached hydrogen (secondary N) is 1. The van der Waals surface area contributed by atoms with Crippen molar-refractivity contribution in [2.24, 2.45) is 16.2 Å². The molecule has 1 aromatic carbocycles. The standard InChI is InChI=1S/C17H20BrNO3/c1-15(2)16(3)6-7-17(15,13(16)18)14(20)19-10-4-5-11-12(8-10)22-9-21-11/h4-5,8,13H,6-7,9H2,1-3H3,(H,19,20). The molecule has 1 aliphatic heterocycles. The number of hydrogen-bond donors (Lipinski definition) is 1. The predicted molar refractivity (Wildman–Crippen MR) is 87.5 cm³/mol. The second-order valence-electron chi connectivity index (χ2n) is 7.40. The molecule has 5 rings (SSSR count). The smallest absolute Gasteiger partial charge is 0.232 e. The van der Waals surface area contributed by atoms with Gasteiger partial charge in [-0.1, -0.05) is 36.7 Å². The fourth-order valence-corrected chi connectivity index (χ4v) is 6.48. The Labute approximate surface area is 138 Å². The number of hydrogen-bond acceptors (Lipinski definition) is 3. The van der Waals surface area contributed by atoms with E-state index in [4.69, 9.17) is 9.47 Å². The van der Waals surface area contributed by atoms with Crippen molar-refractivity contribution in [1.29, 1.82) is 0 Å². The summed E-state index contributed by atoms with van der Waals surface area (Å²) in [5.41, 5.74) is 0.617. The Morgan fingerprint density at radius 2 is 1.95 bits per heavy atom. The molecule has 3 aliphatic carbocycles. The topological polar surface area (TPSA) is 47.6 Å². The summed E-state index contributed by atoms with van der Waals surface area (Å²) in [7, 11) is 0. The van der Waals surface area contributed by atoms with Gasteiger partial charge in [-0.3, -0.25) is 4.79 Å². The third-order valence-corrected chi connectivity index (χ3v) is 8.40. The second-order valence-corrected chi connectivity index (χ2v) is 8.31. The van der Waals surface area contributed by atoms with Gasteiger partial charge >= 0.3 is 0 Å². The molecule has 118 valence electrons.